The first kappa shape index (κ1) is 22.6. The molecule has 0 atom stereocenters. The molecule has 0 saturated carbocycles. The number of halogens is 3. The van der Waals surface area contributed by atoms with E-state index in [1.807, 2.05) is 47.4 Å². The van der Waals surface area contributed by atoms with Crippen LogP contribution in [0.15, 0.2) is 66.7 Å². The number of carbonyl (C=O) groups excluding carboxylic acids is 1. The summed E-state index contributed by atoms with van der Waals surface area (Å²) in [5.74, 6) is 0.289. The molecule has 1 amide bonds. The van der Waals surface area contributed by atoms with Crippen LogP contribution in [0, 0.1) is 5.82 Å². The SMILES string of the molecule is O=C(c1cccc(COc2ccccc2Cl)c1)N1CCN(Cc2c(F)cccc2Cl)CC1. The molecule has 0 spiro atoms. The Morgan fingerprint density at radius 2 is 1.62 bits per heavy atom. The number of para-hydroxylation sites is 1. The molecule has 1 saturated heterocycles. The molecular weight excluding hydrogens is 450 g/mol. The van der Waals surface area contributed by atoms with Crippen LogP contribution >= 0.6 is 23.2 Å². The van der Waals surface area contributed by atoms with Gasteiger partial charge in [0, 0.05) is 48.9 Å². The number of hydrogen-bond donors (Lipinski definition) is 0. The van der Waals surface area contributed by atoms with Crippen molar-refractivity contribution in [3.05, 3.63) is 99.3 Å². The number of hydrogen-bond acceptors (Lipinski definition) is 3. The first-order valence-electron chi connectivity index (χ1n) is 10.4. The van der Waals surface area contributed by atoms with Crippen LogP contribution in [0.2, 0.25) is 10.0 Å². The molecule has 1 heterocycles. The Labute approximate surface area is 197 Å². The van der Waals surface area contributed by atoms with Gasteiger partial charge < -0.3 is 9.64 Å². The predicted octanol–water partition coefficient (Wildman–Crippen LogP) is 5.67. The van der Waals surface area contributed by atoms with Crippen LogP contribution < -0.4 is 4.74 Å². The van der Waals surface area contributed by atoms with Gasteiger partial charge in [-0.2, -0.15) is 0 Å². The van der Waals surface area contributed by atoms with Gasteiger partial charge in [-0.1, -0.05) is 53.5 Å². The van der Waals surface area contributed by atoms with Crippen LogP contribution in [-0.4, -0.2) is 41.9 Å². The standard InChI is InChI=1S/C25H23Cl2FN2O2/c26-21-8-4-9-23(28)20(21)16-29-11-13-30(14-12-29)25(31)19-6-3-5-18(15-19)17-32-24-10-2-1-7-22(24)27/h1-10,15H,11-14,16-17H2. The van der Waals surface area contributed by atoms with Gasteiger partial charge in [-0.25, -0.2) is 4.39 Å². The minimum Gasteiger partial charge on any atom is -0.487 e. The number of amides is 1. The maximum Gasteiger partial charge on any atom is 0.253 e. The third-order valence-corrected chi connectivity index (χ3v) is 6.17. The first-order valence-corrected chi connectivity index (χ1v) is 11.2. The Morgan fingerprint density at radius 1 is 0.906 bits per heavy atom. The highest BCUT2D eigenvalue weighted by atomic mass is 35.5. The summed E-state index contributed by atoms with van der Waals surface area (Å²) in [7, 11) is 0. The average Bonchev–Trinajstić information content (AvgIpc) is 2.81. The lowest BCUT2D eigenvalue weighted by Crippen LogP contribution is -2.48. The number of benzene rings is 3. The molecule has 1 fully saturated rings. The van der Waals surface area contributed by atoms with Crippen LogP contribution in [0.25, 0.3) is 0 Å². The predicted molar refractivity (Wildman–Crippen MR) is 125 cm³/mol. The Bertz CT molecular complexity index is 1080. The van der Waals surface area contributed by atoms with E-state index in [4.69, 9.17) is 27.9 Å². The topological polar surface area (TPSA) is 32.8 Å². The fraction of sp³-hybridized carbons (Fsp3) is 0.240. The van der Waals surface area contributed by atoms with Gasteiger partial charge in [0.25, 0.3) is 5.91 Å². The molecule has 7 heteroatoms. The quantitative estimate of drug-likeness (QED) is 0.463. The summed E-state index contributed by atoms with van der Waals surface area (Å²) < 4.78 is 19.9. The smallest absolute Gasteiger partial charge is 0.253 e. The molecule has 32 heavy (non-hydrogen) atoms. The van der Waals surface area contributed by atoms with Crippen molar-refractivity contribution >= 4 is 29.1 Å². The summed E-state index contributed by atoms with van der Waals surface area (Å²) in [6, 6.07) is 19.5. The fourth-order valence-corrected chi connectivity index (χ4v) is 4.13. The Hall–Kier alpha value is -2.60. The van der Waals surface area contributed by atoms with Crippen molar-refractivity contribution in [2.75, 3.05) is 26.2 Å². The van der Waals surface area contributed by atoms with E-state index in [9.17, 15) is 9.18 Å². The van der Waals surface area contributed by atoms with Gasteiger partial charge in [-0.05, 0) is 42.0 Å². The highest BCUT2D eigenvalue weighted by molar-refractivity contribution is 6.32. The van der Waals surface area contributed by atoms with Gasteiger partial charge in [0.2, 0.25) is 0 Å². The van der Waals surface area contributed by atoms with Gasteiger partial charge in [0.15, 0.2) is 0 Å². The summed E-state index contributed by atoms with van der Waals surface area (Å²) in [6.07, 6.45) is 0. The van der Waals surface area contributed by atoms with Crippen LogP contribution in [0.1, 0.15) is 21.5 Å². The van der Waals surface area contributed by atoms with Crippen LogP contribution in [0.5, 0.6) is 5.75 Å². The summed E-state index contributed by atoms with van der Waals surface area (Å²) in [4.78, 5) is 17.0. The molecule has 4 rings (SSSR count). The molecule has 0 unspecified atom stereocenters. The highest BCUT2D eigenvalue weighted by Gasteiger charge is 2.23. The van der Waals surface area contributed by atoms with E-state index in [0.717, 1.165) is 5.56 Å². The van der Waals surface area contributed by atoms with E-state index >= 15 is 0 Å². The fourth-order valence-electron chi connectivity index (χ4n) is 3.72. The van der Waals surface area contributed by atoms with E-state index in [1.54, 1.807) is 18.2 Å². The van der Waals surface area contributed by atoms with Crippen molar-refractivity contribution < 1.29 is 13.9 Å². The average molecular weight is 473 g/mol. The monoisotopic (exact) mass is 472 g/mol. The molecule has 3 aromatic carbocycles. The minimum absolute atomic E-state index is 0.0202. The highest BCUT2D eigenvalue weighted by Crippen LogP contribution is 2.25. The Morgan fingerprint density at radius 3 is 2.38 bits per heavy atom. The largest absolute Gasteiger partial charge is 0.487 e. The molecule has 3 aromatic rings. The molecule has 0 N–H and O–H groups in total. The first-order chi connectivity index (χ1) is 15.5. The van der Waals surface area contributed by atoms with Crippen molar-refractivity contribution in [2.24, 2.45) is 0 Å². The van der Waals surface area contributed by atoms with E-state index in [2.05, 4.69) is 4.90 Å². The summed E-state index contributed by atoms with van der Waals surface area (Å²) in [6.45, 7) is 3.22. The normalized spacial score (nSPS) is 14.4. The van der Waals surface area contributed by atoms with Crippen molar-refractivity contribution in [1.82, 2.24) is 9.80 Å². The molecule has 1 aliphatic rings. The molecular formula is C25H23Cl2FN2O2. The molecule has 0 aliphatic carbocycles. The van der Waals surface area contributed by atoms with Gasteiger partial charge in [-0.3, -0.25) is 9.69 Å². The van der Waals surface area contributed by atoms with Crippen LogP contribution in [0.4, 0.5) is 4.39 Å². The van der Waals surface area contributed by atoms with Gasteiger partial charge in [-0.15, -0.1) is 0 Å². The van der Waals surface area contributed by atoms with E-state index in [-0.39, 0.29) is 11.7 Å². The lowest BCUT2D eigenvalue weighted by Gasteiger charge is -2.35. The van der Waals surface area contributed by atoms with Crippen molar-refractivity contribution in [2.45, 2.75) is 13.2 Å². The molecule has 166 valence electrons. The Kier molecular flexibility index (Phi) is 7.30. The third kappa shape index (κ3) is 5.41. The lowest BCUT2D eigenvalue weighted by atomic mass is 10.1. The van der Waals surface area contributed by atoms with Crippen molar-refractivity contribution in [3.63, 3.8) is 0 Å². The second kappa shape index (κ2) is 10.3. The number of piperazine rings is 1. The maximum atomic E-state index is 14.1. The molecule has 0 aromatic heterocycles. The van der Waals surface area contributed by atoms with E-state index in [0.29, 0.717) is 66.3 Å². The minimum atomic E-state index is -0.299. The van der Waals surface area contributed by atoms with Crippen LogP contribution in [-0.2, 0) is 13.2 Å². The van der Waals surface area contributed by atoms with E-state index in [1.165, 1.54) is 6.07 Å². The molecule has 0 radical (unpaired) electrons. The number of carbonyl (C=O) groups is 1. The maximum absolute atomic E-state index is 14.1. The summed E-state index contributed by atoms with van der Waals surface area (Å²) in [5.41, 5.74) is 2.01. The second-order valence-electron chi connectivity index (χ2n) is 7.69. The van der Waals surface area contributed by atoms with Crippen molar-refractivity contribution in [1.29, 1.82) is 0 Å². The third-order valence-electron chi connectivity index (χ3n) is 5.51. The Balaban J connectivity index is 1.34. The molecule has 1 aliphatic heterocycles. The zero-order valence-electron chi connectivity index (χ0n) is 17.4. The van der Waals surface area contributed by atoms with Gasteiger partial charge in [0.1, 0.15) is 18.2 Å². The zero-order chi connectivity index (χ0) is 22.5. The number of nitrogens with zero attached hydrogens (tertiary/aromatic N) is 2. The number of ether oxygens (including phenoxy) is 1. The molecule has 4 nitrogen and oxygen atoms in total. The summed E-state index contributed by atoms with van der Waals surface area (Å²) >= 11 is 12.3. The molecule has 0 bridgehead atoms. The van der Waals surface area contributed by atoms with E-state index < -0.39 is 0 Å². The van der Waals surface area contributed by atoms with Gasteiger partial charge in [0.05, 0.1) is 5.02 Å². The van der Waals surface area contributed by atoms with Gasteiger partial charge >= 0.3 is 0 Å². The summed E-state index contributed by atoms with van der Waals surface area (Å²) in [5, 5.41) is 0.980. The zero-order valence-corrected chi connectivity index (χ0v) is 19.0. The van der Waals surface area contributed by atoms with Crippen molar-refractivity contribution in [3.8, 4) is 5.75 Å². The second-order valence-corrected chi connectivity index (χ2v) is 8.50. The number of rotatable bonds is 6. The van der Waals surface area contributed by atoms with Crippen LogP contribution in [0.3, 0.4) is 0 Å². The lowest BCUT2D eigenvalue weighted by molar-refractivity contribution is 0.0627.